The van der Waals surface area contributed by atoms with Gasteiger partial charge in [0.1, 0.15) is 0 Å². The van der Waals surface area contributed by atoms with Crippen LogP contribution in [0, 0.1) is 17.5 Å². The standard InChI is InChI=1S/C8H5F3O3/c1-3(12)14-5-2-4(9)6(10)7(11)8(5)13/h2,13H,1H3. The van der Waals surface area contributed by atoms with E-state index in [1.165, 1.54) is 0 Å². The van der Waals surface area contributed by atoms with Crippen molar-refractivity contribution in [3.05, 3.63) is 23.5 Å². The van der Waals surface area contributed by atoms with Crippen LogP contribution in [0.2, 0.25) is 0 Å². The minimum atomic E-state index is -1.82. The van der Waals surface area contributed by atoms with Gasteiger partial charge < -0.3 is 9.84 Å². The summed E-state index contributed by atoms with van der Waals surface area (Å²) in [5.41, 5.74) is 0. The predicted octanol–water partition coefficient (Wildman–Crippen LogP) is 1.73. The topological polar surface area (TPSA) is 46.5 Å². The van der Waals surface area contributed by atoms with Crippen molar-refractivity contribution in [2.45, 2.75) is 6.92 Å². The van der Waals surface area contributed by atoms with Gasteiger partial charge in [-0.1, -0.05) is 0 Å². The van der Waals surface area contributed by atoms with E-state index in [0.717, 1.165) is 6.92 Å². The normalized spacial score (nSPS) is 10.0. The summed E-state index contributed by atoms with van der Waals surface area (Å²) in [5.74, 6) is -8.03. The molecule has 0 atom stereocenters. The first-order valence-electron chi connectivity index (χ1n) is 3.48. The van der Waals surface area contributed by atoms with E-state index >= 15 is 0 Å². The Bertz CT molecular complexity index is 390. The Morgan fingerprint density at radius 2 is 1.93 bits per heavy atom. The zero-order valence-electron chi connectivity index (χ0n) is 6.97. The van der Waals surface area contributed by atoms with Crippen LogP contribution in [0.15, 0.2) is 6.07 Å². The molecule has 1 rings (SSSR count). The Hall–Kier alpha value is -1.72. The molecule has 76 valence electrons. The number of aromatic hydroxyl groups is 1. The number of phenolic OH excluding ortho intramolecular Hbond substituents is 1. The SMILES string of the molecule is CC(=O)Oc1cc(F)c(F)c(F)c1O. The molecule has 0 aliphatic heterocycles. The van der Waals surface area contributed by atoms with Crippen molar-refractivity contribution in [3.8, 4) is 11.5 Å². The van der Waals surface area contributed by atoms with E-state index in [1.807, 2.05) is 0 Å². The van der Waals surface area contributed by atoms with Crippen molar-refractivity contribution < 1.29 is 27.8 Å². The van der Waals surface area contributed by atoms with Crippen LogP contribution in [-0.4, -0.2) is 11.1 Å². The fourth-order valence-corrected chi connectivity index (χ4v) is 0.796. The fourth-order valence-electron chi connectivity index (χ4n) is 0.796. The van der Waals surface area contributed by atoms with Crippen LogP contribution in [0.3, 0.4) is 0 Å². The molecule has 0 bridgehead atoms. The lowest BCUT2D eigenvalue weighted by Crippen LogP contribution is -2.04. The van der Waals surface area contributed by atoms with Gasteiger partial charge in [-0.3, -0.25) is 4.79 Å². The van der Waals surface area contributed by atoms with Crippen LogP contribution >= 0.6 is 0 Å². The first kappa shape index (κ1) is 10.4. The summed E-state index contributed by atoms with van der Waals surface area (Å²) < 4.78 is 41.9. The quantitative estimate of drug-likeness (QED) is 0.432. The van der Waals surface area contributed by atoms with Crippen LogP contribution in [0.4, 0.5) is 13.2 Å². The van der Waals surface area contributed by atoms with Crippen molar-refractivity contribution >= 4 is 5.97 Å². The molecule has 6 heteroatoms. The molecule has 0 amide bonds. The Kier molecular flexibility index (Phi) is 2.64. The molecule has 0 unspecified atom stereocenters. The molecule has 14 heavy (non-hydrogen) atoms. The molecule has 0 saturated carbocycles. The summed E-state index contributed by atoms with van der Waals surface area (Å²) in [5, 5.41) is 8.89. The monoisotopic (exact) mass is 206 g/mol. The molecule has 3 nitrogen and oxygen atoms in total. The van der Waals surface area contributed by atoms with Crippen molar-refractivity contribution in [2.24, 2.45) is 0 Å². The first-order chi connectivity index (χ1) is 6.43. The molecule has 0 aliphatic carbocycles. The largest absolute Gasteiger partial charge is 0.502 e. The third-order valence-corrected chi connectivity index (χ3v) is 1.36. The maximum Gasteiger partial charge on any atom is 0.308 e. The molecule has 1 aromatic rings. The molecule has 0 radical (unpaired) electrons. The maximum atomic E-state index is 12.6. The van der Waals surface area contributed by atoms with E-state index in [1.54, 1.807) is 0 Å². The number of benzene rings is 1. The molecular formula is C8H5F3O3. The van der Waals surface area contributed by atoms with Gasteiger partial charge in [0.15, 0.2) is 23.1 Å². The van der Waals surface area contributed by atoms with E-state index < -0.39 is 34.9 Å². The predicted molar refractivity (Wildman–Crippen MR) is 39.3 cm³/mol. The van der Waals surface area contributed by atoms with Gasteiger partial charge in [-0.25, -0.2) is 8.78 Å². The number of esters is 1. The molecule has 0 aliphatic rings. The number of phenols is 1. The van der Waals surface area contributed by atoms with Crippen LogP contribution < -0.4 is 4.74 Å². The summed E-state index contributed by atoms with van der Waals surface area (Å²) in [6, 6.07) is 0.384. The van der Waals surface area contributed by atoms with Gasteiger partial charge in [-0.2, -0.15) is 4.39 Å². The van der Waals surface area contributed by atoms with Crippen LogP contribution in [0.25, 0.3) is 0 Å². The molecule has 0 spiro atoms. The highest BCUT2D eigenvalue weighted by molar-refractivity contribution is 5.70. The highest BCUT2D eigenvalue weighted by Crippen LogP contribution is 2.32. The number of carbonyl (C=O) groups is 1. The van der Waals surface area contributed by atoms with Crippen LogP contribution in [-0.2, 0) is 4.79 Å². The Labute approximate surface area is 76.7 Å². The lowest BCUT2D eigenvalue weighted by Gasteiger charge is -2.05. The fraction of sp³-hybridized carbons (Fsp3) is 0.125. The van der Waals surface area contributed by atoms with Gasteiger partial charge in [0.2, 0.25) is 5.82 Å². The summed E-state index contributed by atoms with van der Waals surface area (Å²) in [6.45, 7) is 0.971. The number of hydrogen-bond donors (Lipinski definition) is 1. The zero-order chi connectivity index (χ0) is 10.9. The van der Waals surface area contributed by atoms with Gasteiger partial charge >= 0.3 is 5.97 Å². The lowest BCUT2D eigenvalue weighted by molar-refractivity contribution is -0.132. The van der Waals surface area contributed by atoms with Crippen molar-refractivity contribution in [1.82, 2.24) is 0 Å². The second kappa shape index (κ2) is 3.57. The Morgan fingerprint density at radius 1 is 1.36 bits per heavy atom. The van der Waals surface area contributed by atoms with Crippen molar-refractivity contribution in [3.63, 3.8) is 0 Å². The van der Waals surface area contributed by atoms with Crippen molar-refractivity contribution in [2.75, 3.05) is 0 Å². The number of halogens is 3. The van der Waals surface area contributed by atoms with Gasteiger partial charge in [0.25, 0.3) is 0 Å². The van der Waals surface area contributed by atoms with Crippen LogP contribution in [0.5, 0.6) is 11.5 Å². The number of rotatable bonds is 1. The second-order valence-electron chi connectivity index (χ2n) is 2.43. The van der Waals surface area contributed by atoms with Crippen LogP contribution in [0.1, 0.15) is 6.92 Å². The molecule has 0 aromatic heterocycles. The van der Waals surface area contributed by atoms with E-state index in [0.29, 0.717) is 6.07 Å². The molecule has 0 fully saturated rings. The highest BCUT2D eigenvalue weighted by Gasteiger charge is 2.19. The summed E-state index contributed by atoms with van der Waals surface area (Å²) in [7, 11) is 0. The van der Waals surface area contributed by atoms with Gasteiger partial charge in [0, 0.05) is 13.0 Å². The zero-order valence-corrected chi connectivity index (χ0v) is 6.97. The summed E-state index contributed by atoms with van der Waals surface area (Å²) in [6.07, 6.45) is 0. The van der Waals surface area contributed by atoms with E-state index in [4.69, 9.17) is 5.11 Å². The Morgan fingerprint density at radius 3 is 2.43 bits per heavy atom. The smallest absolute Gasteiger partial charge is 0.308 e. The Balaban J connectivity index is 3.25. The van der Waals surface area contributed by atoms with E-state index in [9.17, 15) is 18.0 Å². The van der Waals surface area contributed by atoms with E-state index in [-0.39, 0.29) is 0 Å². The van der Waals surface area contributed by atoms with Gasteiger partial charge in [0.05, 0.1) is 0 Å². The van der Waals surface area contributed by atoms with Crippen molar-refractivity contribution in [1.29, 1.82) is 0 Å². The van der Waals surface area contributed by atoms with E-state index in [2.05, 4.69) is 4.74 Å². The molecule has 0 saturated heterocycles. The third kappa shape index (κ3) is 1.78. The summed E-state index contributed by atoms with van der Waals surface area (Å²) >= 11 is 0. The molecule has 0 heterocycles. The number of ether oxygens (including phenoxy) is 1. The second-order valence-corrected chi connectivity index (χ2v) is 2.43. The average molecular weight is 206 g/mol. The van der Waals surface area contributed by atoms with Gasteiger partial charge in [-0.05, 0) is 0 Å². The van der Waals surface area contributed by atoms with Gasteiger partial charge in [-0.15, -0.1) is 0 Å². The average Bonchev–Trinajstić information content (AvgIpc) is 2.10. The molecule has 1 aromatic carbocycles. The molecular weight excluding hydrogens is 201 g/mol. The number of carbonyl (C=O) groups excluding carboxylic acids is 1. The minimum absolute atomic E-state index is 0.384. The first-order valence-corrected chi connectivity index (χ1v) is 3.48. The minimum Gasteiger partial charge on any atom is -0.502 e. The molecule has 1 N–H and O–H groups in total. The third-order valence-electron chi connectivity index (χ3n) is 1.36. The highest BCUT2D eigenvalue weighted by atomic mass is 19.2. The maximum absolute atomic E-state index is 12.6. The lowest BCUT2D eigenvalue weighted by atomic mass is 10.3. The summed E-state index contributed by atoms with van der Waals surface area (Å²) in [4.78, 5) is 10.4. The number of hydrogen-bond acceptors (Lipinski definition) is 3.